The van der Waals surface area contributed by atoms with Crippen LogP contribution in [0.5, 0.6) is 0 Å². The Morgan fingerprint density at radius 1 is 1.22 bits per heavy atom. The monoisotopic (exact) mass is 255 g/mol. The molecule has 1 rings (SSSR count). The highest BCUT2D eigenvalue weighted by atomic mass is 19.1. The summed E-state index contributed by atoms with van der Waals surface area (Å²) in [5.41, 5.74) is 3.66. The molecule has 0 heterocycles. The van der Waals surface area contributed by atoms with Gasteiger partial charge < -0.3 is 15.2 Å². The molecule has 98 valence electrons. The SMILES string of the molecule is COC(=O)C(C)(C(=O)OC)c1ccc(N)c(F)c1. The molecule has 1 aromatic carbocycles. The van der Waals surface area contributed by atoms with Crippen molar-refractivity contribution in [1.29, 1.82) is 0 Å². The first-order valence-electron chi connectivity index (χ1n) is 5.10. The van der Waals surface area contributed by atoms with Gasteiger partial charge in [0, 0.05) is 0 Å². The standard InChI is InChI=1S/C12H14FNO4/c1-12(10(15)17-2,11(16)18-3)7-4-5-9(14)8(13)6-7/h4-6H,14H2,1-3H3. The van der Waals surface area contributed by atoms with E-state index < -0.39 is 23.2 Å². The summed E-state index contributed by atoms with van der Waals surface area (Å²) in [7, 11) is 2.27. The summed E-state index contributed by atoms with van der Waals surface area (Å²) in [4.78, 5) is 23.5. The van der Waals surface area contributed by atoms with E-state index in [1.165, 1.54) is 19.1 Å². The summed E-state index contributed by atoms with van der Waals surface area (Å²) in [6.45, 7) is 1.30. The number of nitrogens with two attached hydrogens (primary N) is 1. The van der Waals surface area contributed by atoms with Crippen LogP contribution in [0, 0.1) is 5.82 Å². The molecule has 0 saturated carbocycles. The summed E-state index contributed by atoms with van der Waals surface area (Å²) in [6.07, 6.45) is 0. The van der Waals surface area contributed by atoms with Gasteiger partial charge in [-0.1, -0.05) is 6.07 Å². The average molecular weight is 255 g/mol. The first kappa shape index (κ1) is 14.0. The van der Waals surface area contributed by atoms with Gasteiger partial charge in [-0.25, -0.2) is 4.39 Å². The lowest BCUT2D eigenvalue weighted by atomic mass is 9.82. The fourth-order valence-electron chi connectivity index (χ4n) is 1.57. The average Bonchev–Trinajstić information content (AvgIpc) is 2.38. The van der Waals surface area contributed by atoms with Crippen LogP contribution in [0.3, 0.4) is 0 Å². The van der Waals surface area contributed by atoms with Gasteiger partial charge in [-0.2, -0.15) is 0 Å². The maximum Gasteiger partial charge on any atom is 0.327 e. The van der Waals surface area contributed by atoms with Crippen molar-refractivity contribution in [1.82, 2.24) is 0 Å². The van der Waals surface area contributed by atoms with Crippen molar-refractivity contribution in [3.63, 3.8) is 0 Å². The predicted octanol–water partition coefficient (Wildman–Crippen LogP) is 1.01. The number of benzene rings is 1. The number of carbonyl (C=O) groups excluding carboxylic acids is 2. The van der Waals surface area contributed by atoms with Crippen LogP contribution >= 0.6 is 0 Å². The Labute approximate surface area is 104 Å². The van der Waals surface area contributed by atoms with E-state index >= 15 is 0 Å². The van der Waals surface area contributed by atoms with Crippen molar-refractivity contribution in [2.45, 2.75) is 12.3 Å². The summed E-state index contributed by atoms with van der Waals surface area (Å²) in [6, 6.07) is 3.67. The van der Waals surface area contributed by atoms with Crippen LogP contribution < -0.4 is 5.73 Å². The van der Waals surface area contributed by atoms with Gasteiger partial charge in [-0.15, -0.1) is 0 Å². The van der Waals surface area contributed by atoms with E-state index in [4.69, 9.17) is 5.73 Å². The van der Waals surface area contributed by atoms with Gasteiger partial charge in [0.2, 0.25) is 0 Å². The van der Waals surface area contributed by atoms with Crippen LogP contribution in [0.25, 0.3) is 0 Å². The zero-order chi connectivity index (χ0) is 13.9. The molecular weight excluding hydrogens is 241 g/mol. The number of anilines is 1. The Balaban J connectivity index is 3.39. The zero-order valence-electron chi connectivity index (χ0n) is 10.3. The Morgan fingerprint density at radius 3 is 2.11 bits per heavy atom. The fraction of sp³-hybridized carbons (Fsp3) is 0.333. The minimum atomic E-state index is -1.72. The van der Waals surface area contributed by atoms with Crippen molar-refractivity contribution in [2.24, 2.45) is 0 Å². The van der Waals surface area contributed by atoms with Crippen LogP contribution in [0.4, 0.5) is 10.1 Å². The molecule has 0 aliphatic carbocycles. The predicted molar refractivity (Wildman–Crippen MR) is 62.2 cm³/mol. The molecule has 0 fully saturated rings. The molecule has 0 atom stereocenters. The maximum absolute atomic E-state index is 13.4. The maximum atomic E-state index is 13.4. The molecule has 6 heteroatoms. The van der Waals surface area contributed by atoms with Gasteiger partial charge in [-0.05, 0) is 24.6 Å². The number of hydrogen-bond acceptors (Lipinski definition) is 5. The molecule has 0 aromatic heterocycles. The Bertz CT molecular complexity index is 471. The van der Waals surface area contributed by atoms with E-state index in [0.29, 0.717) is 0 Å². The molecule has 0 aliphatic heterocycles. The lowest BCUT2D eigenvalue weighted by Gasteiger charge is -2.24. The molecule has 0 spiro atoms. The van der Waals surface area contributed by atoms with Crippen molar-refractivity contribution >= 4 is 17.6 Å². The van der Waals surface area contributed by atoms with Crippen molar-refractivity contribution in [3.8, 4) is 0 Å². The third-order valence-electron chi connectivity index (χ3n) is 2.77. The van der Waals surface area contributed by atoms with Gasteiger partial charge in [0.1, 0.15) is 5.82 Å². The van der Waals surface area contributed by atoms with Gasteiger partial charge in [0.15, 0.2) is 5.41 Å². The van der Waals surface area contributed by atoms with Gasteiger partial charge >= 0.3 is 11.9 Å². The van der Waals surface area contributed by atoms with Gasteiger partial charge in [-0.3, -0.25) is 9.59 Å². The second-order valence-electron chi connectivity index (χ2n) is 3.84. The van der Waals surface area contributed by atoms with Crippen molar-refractivity contribution in [2.75, 3.05) is 20.0 Å². The Kier molecular flexibility index (Phi) is 3.90. The largest absolute Gasteiger partial charge is 0.468 e. The van der Waals surface area contributed by atoms with E-state index in [2.05, 4.69) is 9.47 Å². The van der Waals surface area contributed by atoms with E-state index in [0.717, 1.165) is 20.3 Å². The summed E-state index contributed by atoms with van der Waals surface area (Å²) >= 11 is 0. The molecule has 0 unspecified atom stereocenters. The lowest BCUT2D eigenvalue weighted by molar-refractivity contribution is -0.160. The second-order valence-corrected chi connectivity index (χ2v) is 3.84. The third kappa shape index (κ3) is 2.13. The summed E-state index contributed by atoms with van der Waals surface area (Å²) in [5.74, 6) is -2.39. The van der Waals surface area contributed by atoms with Crippen molar-refractivity contribution < 1.29 is 23.5 Å². The number of carbonyl (C=O) groups is 2. The van der Waals surface area contributed by atoms with Crippen LogP contribution in [-0.4, -0.2) is 26.2 Å². The third-order valence-corrected chi connectivity index (χ3v) is 2.77. The number of methoxy groups -OCH3 is 2. The molecule has 0 aliphatic rings. The quantitative estimate of drug-likeness (QED) is 0.495. The zero-order valence-corrected chi connectivity index (χ0v) is 10.3. The van der Waals surface area contributed by atoms with Crippen LogP contribution in [-0.2, 0) is 24.5 Å². The van der Waals surface area contributed by atoms with Crippen LogP contribution in [0.2, 0.25) is 0 Å². The molecule has 0 radical (unpaired) electrons. The van der Waals surface area contributed by atoms with Crippen LogP contribution in [0.1, 0.15) is 12.5 Å². The first-order valence-corrected chi connectivity index (χ1v) is 5.10. The summed E-state index contributed by atoms with van der Waals surface area (Å²) < 4.78 is 22.6. The normalized spacial score (nSPS) is 10.9. The minimum absolute atomic E-state index is 0.0733. The molecule has 2 N–H and O–H groups in total. The molecule has 18 heavy (non-hydrogen) atoms. The van der Waals surface area contributed by atoms with Gasteiger partial charge in [0.25, 0.3) is 0 Å². The van der Waals surface area contributed by atoms with E-state index in [-0.39, 0.29) is 11.3 Å². The fourth-order valence-corrected chi connectivity index (χ4v) is 1.57. The highest BCUT2D eigenvalue weighted by molar-refractivity contribution is 6.05. The highest BCUT2D eigenvalue weighted by Gasteiger charge is 2.45. The number of rotatable bonds is 3. The molecule has 5 nitrogen and oxygen atoms in total. The van der Waals surface area contributed by atoms with Crippen LogP contribution in [0.15, 0.2) is 18.2 Å². The summed E-state index contributed by atoms with van der Waals surface area (Å²) in [5, 5.41) is 0. The smallest absolute Gasteiger partial charge is 0.327 e. The molecule has 0 amide bonds. The molecule has 0 bridgehead atoms. The molecule has 0 saturated heterocycles. The topological polar surface area (TPSA) is 78.6 Å². The lowest BCUT2D eigenvalue weighted by Crippen LogP contribution is -2.42. The number of halogens is 1. The Morgan fingerprint density at radius 2 is 1.72 bits per heavy atom. The molecule has 1 aromatic rings. The number of esters is 2. The highest BCUT2D eigenvalue weighted by Crippen LogP contribution is 2.29. The molecular formula is C12H14FNO4. The first-order chi connectivity index (χ1) is 8.37. The number of nitrogen functional groups attached to an aromatic ring is 1. The number of hydrogen-bond donors (Lipinski definition) is 1. The Hall–Kier alpha value is -2.11. The van der Waals surface area contributed by atoms with E-state index in [9.17, 15) is 14.0 Å². The van der Waals surface area contributed by atoms with E-state index in [1.807, 2.05) is 0 Å². The van der Waals surface area contributed by atoms with Gasteiger partial charge in [0.05, 0.1) is 19.9 Å². The minimum Gasteiger partial charge on any atom is -0.468 e. The van der Waals surface area contributed by atoms with E-state index in [1.54, 1.807) is 0 Å². The van der Waals surface area contributed by atoms with Crippen molar-refractivity contribution in [3.05, 3.63) is 29.6 Å². The second kappa shape index (κ2) is 5.03. The number of ether oxygens (including phenoxy) is 2.